The summed E-state index contributed by atoms with van der Waals surface area (Å²) in [5.41, 5.74) is 6.46. The highest BCUT2D eigenvalue weighted by Gasteiger charge is 2.27. The van der Waals surface area contributed by atoms with Crippen LogP contribution in [0.2, 0.25) is 0 Å². The van der Waals surface area contributed by atoms with Crippen molar-refractivity contribution in [3.8, 4) is 5.75 Å². The monoisotopic (exact) mass is 361 g/mol. The molecule has 7 nitrogen and oxygen atoms in total. The minimum atomic E-state index is -0.977. The van der Waals surface area contributed by atoms with Gasteiger partial charge in [-0.2, -0.15) is 0 Å². The number of phenolic OH excluding ortho intramolecular Hbond substituents is 1. The van der Waals surface area contributed by atoms with E-state index >= 15 is 0 Å². The molecule has 1 heterocycles. The van der Waals surface area contributed by atoms with Crippen LogP contribution in [0.15, 0.2) is 12.1 Å². The summed E-state index contributed by atoms with van der Waals surface area (Å²) in [6.07, 6.45) is 0.0842. The number of ketones is 3. The van der Waals surface area contributed by atoms with E-state index < -0.39 is 29.4 Å². The molecule has 2 rings (SSSR count). The number of aromatic hydroxyl groups is 1. The van der Waals surface area contributed by atoms with Crippen molar-refractivity contribution in [3.05, 3.63) is 23.3 Å². The van der Waals surface area contributed by atoms with Crippen LogP contribution in [0.1, 0.15) is 55.5 Å². The first-order valence-corrected chi connectivity index (χ1v) is 8.63. The zero-order valence-electron chi connectivity index (χ0n) is 14.9. The number of phenols is 1. The van der Waals surface area contributed by atoms with Crippen LogP contribution in [0.4, 0.5) is 5.69 Å². The number of aryl methyl sites for hydroxylation is 1. The normalized spacial score (nSPS) is 23.2. The number of esters is 1. The first-order valence-electron chi connectivity index (χ1n) is 8.63. The molecule has 1 aliphatic rings. The standard InChI is InChI=1S/C19H23NO6/c1-10-6-7-15(22)18(24)14(21)5-3-4-12-8-13(20)9-16(23)17(12)19(25)26-11(10)2/h8-11,23H,3-7,20H2,1-2H3/t10-,11+/m1/s1. The third-order valence-corrected chi connectivity index (χ3v) is 4.70. The van der Waals surface area contributed by atoms with Gasteiger partial charge in [-0.1, -0.05) is 6.92 Å². The summed E-state index contributed by atoms with van der Waals surface area (Å²) in [6.45, 7) is 3.47. The van der Waals surface area contributed by atoms with Gasteiger partial charge in [-0.05, 0) is 43.7 Å². The number of Topliss-reactive ketones (excluding diaryl/α,β-unsaturated/α-hetero) is 3. The van der Waals surface area contributed by atoms with Gasteiger partial charge in [0.1, 0.15) is 17.4 Å². The first kappa shape index (κ1) is 19.6. The van der Waals surface area contributed by atoms with Crippen LogP contribution in [-0.2, 0) is 25.5 Å². The van der Waals surface area contributed by atoms with Gasteiger partial charge in [0.15, 0.2) is 0 Å². The minimum Gasteiger partial charge on any atom is -0.507 e. The van der Waals surface area contributed by atoms with E-state index in [0.717, 1.165) is 0 Å². The lowest BCUT2D eigenvalue weighted by molar-refractivity contribution is -0.144. The van der Waals surface area contributed by atoms with Crippen LogP contribution in [0.3, 0.4) is 0 Å². The summed E-state index contributed by atoms with van der Waals surface area (Å²) >= 11 is 0. The molecule has 0 unspecified atom stereocenters. The van der Waals surface area contributed by atoms with Crippen molar-refractivity contribution in [2.75, 3.05) is 5.73 Å². The van der Waals surface area contributed by atoms with Crippen LogP contribution in [-0.4, -0.2) is 34.5 Å². The number of anilines is 1. The molecule has 0 aliphatic carbocycles. The minimum absolute atomic E-state index is 0.0187. The number of nitrogens with two attached hydrogens (primary N) is 1. The topological polar surface area (TPSA) is 124 Å². The van der Waals surface area contributed by atoms with Crippen molar-refractivity contribution >= 4 is 29.0 Å². The van der Waals surface area contributed by atoms with Gasteiger partial charge in [0.2, 0.25) is 11.6 Å². The van der Waals surface area contributed by atoms with Gasteiger partial charge in [0.25, 0.3) is 5.78 Å². The number of rotatable bonds is 0. The summed E-state index contributed by atoms with van der Waals surface area (Å²) < 4.78 is 5.43. The number of nitrogen functional groups attached to an aromatic ring is 1. The Morgan fingerprint density at radius 3 is 2.38 bits per heavy atom. The zero-order chi connectivity index (χ0) is 19.4. The van der Waals surface area contributed by atoms with Gasteiger partial charge >= 0.3 is 5.97 Å². The molecular weight excluding hydrogens is 338 g/mol. The Bertz CT molecular complexity index is 755. The van der Waals surface area contributed by atoms with Crippen LogP contribution in [0.5, 0.6) is 5.75 Å². The number of carbonyl (C=O) groups is 4. The van der Waals surface area contributed by atoms with Crippen molar-refractivity contribution in [2.24, 2.45) is 5.92 Å². The van der Waals surface area contributed by atoms with Gasteiger partial charge in [-0.3, -0.25) is 14.4 Å². The molecule has 0 amide bonds. The molecule has 0 saturated carbocycles. The number of ether oxygens (including phenoxy) is 1. The lowest BCUT2D eigenvalue weighted by Crippen LogP contribution is -2.27. The molecule has 0 spiro atoms. The number of fused-ring (bicyclic) bond motifs is 1. The van der Waals surface area contributed by atoms with E-state index in [-0.39, 0.29) is 48.6 Å². The zero-order valence-corrected chi connectivity index (χ0v) is 14.9. The van der Waals surface area contributed by atoms with Crippen LogP contribution in [0, 0.1) is 5.92 Å². The van der Waals surface area contributed by atoms with Gasteiger partial charge in [-0.15, -0.1) is 0 Å². The third-order valence-electron chi connectivity index (χ3n) is 4.70. The van der Waals surface area contributed by atoms with Gasteiger partial charge in [0, 0.05) is 24.6 Å². The van der Waals surface area contributed by atoms with E-state index in [1.54, 1.807) is 13.8 Å². The van der Waals surface area contributed by atoms with Gasteiger partial charge in [-0.25, -0.2) is 4.79 Å². The Labute approximate surface area is 151 Å². The molecule has 1 aromatic rings. The van der Waals surface area contributed by atoms with Crippen molar-refractivity contribution in [3.63, 3.8) is 0 Å². The van der Waals surface area contributed by atoms with E-state index in [0.29, 0.717) is 12.0 Å². The molecule has 140 valence electrons. The predicted octanol–water partition coefficient (Wildman–Crippen LogP) is 1.98. The Balaban J connectivity index is 2.37. The SMILES string of the molecule is C[C@@H]1CCC(=O)C(=O)C(=O)CCCc2cc(N)cc(O)c2C(=O)O[C@H]1C. The Hall–Kier alpha value is -2.70. The van der Waals surface area contributed by atoms with Crippen LogP contribution in [0.25, 0.3) is 0 Å². The molecule has 3 N–H and O–H groups in total. The van der Waals surface area contributed by atoms with E-state index in [1.165, 1.54) is 12.1 Å². The number of carbonyl (C=O) groups excluding carboxylic acids is 4. The quantitative estimate of drug-likeness (QED) is 0.411. The van der Waals surface area contributed by atoms with Gasteiger partial charge in [0.05, 0.1) is 0 Å². The second-order valence-corrected chi connectivity index (χ2v) is 6.73. The highest BCUT2D eigenvalue weighted by Crippen LogP contribution is 2.28. The summed E-state index contributed by atoms with van der Waals surface area (Å²) in [6, 6.07) is 2.80. The highest BCUT2D eigenvalue weighted by atomic mass is 16.5. The van der Waals surface area contributed by atoms with Gasteiger partial charge < -0.3 is 15.6 Å². The second-order valence-electron chi connectivity index (χ2n) is 6.73. The van der Waals surface area contributed by atoms with Crippen molar-refractivity contribution < 1.29 is 29.0 Å². The molecule has 0 radical (unpaired) electrons. The molecule has 1 aliphatic heterocycles. The average Bonchev–Trinajstić information content (AvgIpc) is 2.56. The number of hydrogen-bond acceptors (Lipinski definition) is 7. The maximum Gasteiger partial charge on any atom is 0.342 e. The highest BCUT2D eigenvalue weighted by molar-refractivity contribution is 6.63. The smallest absolute Gasteiger partial charge is 0.342 e. The first-order chi connectivity index (χ1) is 12.2. The molecule has 1 aromatic carbocycles. The molecule has 2 atom stereocenters. The Morgan fingerprint density at radius 1 is 1.04 bits per heavy atom. The summed E-state index contributed by atoms with van der Waals surface area (Å²) in [5, 5.41) is 10.1. The average molecular weight is 361 g/mol. The summed E-state index contributed by atoms with van der Waals surface area (Å²) in [7, 11) is 0. The fraction of sp³-hybridized carbons (Fsp3) is 0.474. The fourth-order valence-electron chi connectivity index (χ4n) is 2.90. The molecule has 0 saturated heterocycles. The number of benzene rings is 1. The van der Waals surface area contributed by atoms with Crippen molar-refractivity contribution in [1.29, 1.82) is 0 Å². The molecular formula is C19H23NO6. The summed E-state index contributed by atoms with van der Waals surface area (Å²) in [4.78, 5) is 48.2. The molecule has 0 fully saturated rings. The fourth-order valence-corrected chi connectivity index (χ4v) is 2.90. The van der Waals surface area contributed by atoms with Crippen molar-refractivity contribution in [1.82, 2.24) is 0 Å². The van der Waals surface area contributed by atoms with E-state index in [1.807, 2.05) is 0 Å². The van der Waals surface area contributed by atoms with Crippen molar-refractivity contribution in [2.45, 2.75) is 52.1 Å². The van der Waals surface area contributed by atoms with Crippen LogP contribution >= 0.6 is 0 Å². The molecule has 0 aromatic heterocycles. The maximum atomic E-state index is 12.5. The number of cyclic esters (lactones) is 1. The largest absolute Gasteiger partial charge is 0.507 e. The molecule has 26 heavy (non-hydrogen) atoms. The van der Waals surface area contributed by atoms with Crippen LogP contribution < -0.4 is 5.73 Å². The molecule has 0 bridgehead atoms. The molecule has 7 heteroatoms. The third kappa shape index (κ3) is 4.47. The summed E-state index contributed by atoms with van der Waals surface area (Å²) in [5.74, 6) is -3.58. The van der Waals surface area contributed by atoms with E-state index in [2.05, 4.69) is 0 Å². The Morgan fingerprint density at radius 2 is 1.69 bits per heavy atom. The van der Waals surface area contributed by atoms with E-state index in [4.69, 9.17) is 10.5 Å². The predicted molar refractivity (Wildman–Crippen MR) is 93.8 cm³/mol. The lowest BCUT2D eigenvalue weighted by Gasteiger charge is -2.21. The number of hydrogen-bond donors (Lipinski definition) is 2. The maximum absolute atomic E-state index is 12.5. The second kappa shape index (κ2) is 8.12. The van der Waals surface area contributed by atoms with E-state index in [9.17, 15) is 24.3 Å². The Kier molecular flexibility index (Phi) is 6.13. The lowest BCUT2D eigenvalue weighted by atomic mass is 9.94.